The van der Waals surface area contributed by atoms with Crippen molar-refractivity contribution < 1.29 is 19.0 Å². The molecule has 0 saturated carbocycles. The highest BCUT2D eigenvalue weighted by atomic mass is 32.1. The molecule has 3 aromatic rings. The van der Waals surface area contributed by atoms with E-state index in [0.717, 1.165) is 17.7 Å². The van der Waals surface area contributed by atoms with Gasteiger partial charge in [-0.2, -0.15) is 0 Å². The molecule has 0 amide bonds. The molecule has 0 unspecified atom stereocenters. The lowest BCUT2D eigenvalue weighted by molar-refractivity contribution is 0.103. The number of nitrogens with two attached hydrogens (primary N) is 1. The number of nitrogen functional groups attached to an aromatic ring is 1. The fourth-order valence-corrected chi connectivity index (χ4v) is 3.96. The highest BCUT2D eigenvalue weighted by molar-refractivity contribution is 7.16. The molecular formula is C22H23NO4S. The Morgan fingerprint density at radius 2 is 1.57 bits per heavy atom. The molecular weight excluding hydrogens is 374 g/mol. The van der Waals surface area contributed by atoms with Crippen molar-refractivity contribution in [2.75, 3.05) is 27.1 Å². The van der Waals surface area contributed by atoms with Gasteiger partial charge in [0.1, 0.15) is 0 Å². The minimum Gasteiger partial charge on any atom is -0.493 e. The van der Waals surface area contributed by atoms with Gasteiger partial charge in [-0.3, -0.25) is 4.79 Å². The molecule has 5 nitrogen and oxygen atoms in total. The van der Waals surface area contributed by atoms with Crippen LogP contribution in [0, 0.1) is 0 Å². The zero-order chi connectivity index (χ0) is 20.1. The van der Waals surface area contributed by atoms with Crippen molar-refractivity contribution in [1.29, 1.82) is 0 Å². The first kappa shape index (κ1) is 19.8. The summed E-state index contributed by atoms with van der Waals surface area (Å²) < 4.78 is 16.0. The van der Waals surface area contributed by atoms with Crippen LogP contribution in [0.5, 0.6) is 17.2 Å². The number of benzene rings is 2. The molecule has 28 heavy (non-hydrogen) atoms. The Morgan fingerprint density at radius 3 is 2.14 bits per heavy atom. The summed E-state index contributed by atoms with van der Waals surface area (Å²) in [7, 11) is 4.57. The van der Waals surface area contributed by atoms with Crippen LogP contribution < -0.4 is 19.9 Å². The Kier molecular flexibility index (Phi) is 6.21. The lowest BCUT2D eigenvalue weighted by Crippen LogP contribution is -2.05. The van der Waals surface area contributed by atoms with Crippen molar-refractivity contribution in [2.24, 2.45) is 0 Å². The van der Waals surface area contributed by atoms with Crippen LogP contribution in [0.3, 0.4) is 0 Å². The van der Waals surface area contributed by atoms with E-state index in [2.05, 4.69) is 12.1 Å². The number of carbonyl (C=O) groups is 1. The summed E-state index contributed by atoms with van der Waals surface area (Å²) in [5.74, 6) is 1.15. The van der Waals surface area contributed by atoms with Gasteiger partial charge in [0.05, 0.1) is 31.9 Å². The van der Waals surface area contributed by atoms with Crippen molar-refractivity contribution in [2.45, 2.75) is 12.8 Å². The van der Waals surface area contributed by atoms with E-state index in [0.29, 0.717) is 33.4 Å². The normalized spacial score (nSPS) is 10.5. The first-order valence-electron chi connectivity index (χ1n) is 8.84. The van der Waals surface area contributed by atoms with Gasteiger partial charge in [-0.15, -0.1) is 11.3 Å². The van der Waals surface area contributed by atoms with Crippen LogP contribution in [-0.4, -0.2) is 27.1 Å². The van der Waals surface area contributed by atoms with Gasteiger partial charge in [-0.25, -0.2) is 0 Å². The zero-order valence-electron chi connectivity index (χ0n) is 16.2. The van der Waals surface area contributed by atoms with Gasteiger partial charge in [0.25, 0.3) is 0 Å². The van der Waals surface area contributed by atoms with Crippen molar-refractivity contribution in [3.05, 3.63) is 70.1 Å². The number of ketones is 1. The molecule has 2 N–H and O–H groups in total. The number of anilines is 1. The second-order valence-corrected chi connectivity index (χ2v) is 7.39. The molecule has 0 saturated heterocycles. The van der Waals surface area contributed by atoms with E-state index >= 15 is 0 Å². The molecule has 0 fully saturated rings. The molecule has 0 bridgehead atoms. The SMILES string of the molecule is COc1cc(C(=O)c2cc(CCc3ccccc3)sc2N)cc(OC)c1OC. The number of thiophene rings is 1. The summed E-state index contributed by atoms with van der Waals surface area (Å²) in [6.07, 6.45) is 1.74. The Hall–Kier alpha value is -2.99. The van der Waals surface area contributed by atoms with Crippen molar-refractivity contribution >= 4 is 22.1 Å². The van der Waals surface area contributed by atoms with Crippen LogP contribution in [0.1, 0.15) is 26.4 Å². The Morgan fingerprint density at radius 1 is 0.929 bits per heavy atom. The minimum atomic E-state index is -0.168. The minimum absolute atomic E-state index is 0.168. The predicted octanol–water partition coefficient (Wildman–Crippen LogP) is 4.37. The van der Waals surface area contributed by atoms with Crippen LogP contribution in [0.25, 0.3) is 0 Å². The lowest BCUT2D eigenvalue weighted by atomic mass is 10.0. The number of rotatable bonds is 8. The molecule has 0 atom stereocenters. The second kappa shape index (κ2) is 8.80. The van der Waals surface area contributed by atoms with Gasteiger partial charge >= 0.3 is 0 Å². The molecule has 0 spiro atoms. The number of carbonyl (C=O) groups excluding carboxylic acids is 1. The average Bonchev–Trinajstić information content (AvgIpc) is 3.11. The number of ether oxygens (including phenoxy) is 3. The number of hydrogen-bond donors (Lipinski definition) is 1. The Labute approximate surface area is 168 Å². The van der Waals surface area contributed by atoms with Gasteiger partial charge in [0, 0.05) is 10.4 Å². The van der Waals surface area contributed by atoms with E-state index < -0.39 is 0 Å². The van der Waals surface area contributed by atoms with Crippen LogP contribution in [-0.2, 0) is 12.8 Å². The fraction of sp³-hybridized carbons (Fsp3) is 0.227. The quantitative estimate of drug-likeness (QED) is 0.572. The smallest absolute Gasteiger partial charge is 0.203 e. The topological polar surface area (TPSA) is 70.8 Å². The van der Waals surface area contributed by atoms with Crippen molar-refractivity contribution in [3.8, 4) is 17.2 Å². The summed E-state index contributed by atoms with van der Waals surface area (Å²) in [5, 5.41) is 0.516. The zero-order valence-corrected chi connectivity index (χ0v) is 17.0. The van der Waals surface area contributed by atoms with E-state index in [1.807, 2.05) is 24.3 Å². The molecule has 0 aliphatic heterocycles. The second-order valence-electron chi connectivity index (χ2n) is 6.22. The highest BCUT2D eigenvalue weighted by Gasteiger charge is 2.21. The summed E-state index contributed by atoms with van der Waals surface area (Å²) in [5.41, 5.74) is 8.35. The van der Waals surface area contributed by atoms with Crippen LogP contribution in [0.15, 0.2) is 48.5 Å². The molecule has 0 radical (unpaired) electrons. The maximum Gasteiger partial charge on any atom is 0.203 e. The predicted molar refractivity (Wildman–Crippen MR) is 112 cm³/mol. The first-order valence-corrected chi connectivity index (χ1v) is 9.65. The molecule has 6 heteroatoms. The summed E-state index contributed by atoms with van der Waals surface area (Å²) in [4.78, 5) is 14.1. The van der Waals surface area contributed by atoms with E-state index in [1.165, 1.54) is 38.2 Å². The van der Waals surface area contributed by atoms with E-state index in [1.54, 1.807) is 12.1 Å². The third-order valence-corrected chi connectivity index (χ3v) is 5.51. The molecule has 0 aliphatic carbocycles. The van der Waals surface area contributed by atoms with Crippen molar-refractivity contribution in [3.63, 3.8) is 0 Å². The third-order valence-electron chi connectivity index (χ3n) is 4.49. The highest BCUT2D eigenvalue weighted by Crippen LogP contribution is 2.39. The standard InChI is InChI=1S/C22H23NO4S/c1-25-18-11-15(12-19(26-2)21(18)27-3)20(24)17-13-16(28-22(17)23)10-9-14-7-5-4-6-8-14/h4-8,11-13H,9-10,23H2,1-3H3. The molecule has 2 aromatic carbocycles. The lowest BCUT2D eigenvalue weighted by Gasteiger charge is -2.13. The molecule has 1 heterocycles. The Balaban J connectivity index is 1.85. The number of methoxy groups -OCH3 is 3. The number of aryl methyl sites for hydroxylation is 2. The van der Waals surface area contributed by atoms with Crippen LogP contribution in [0.4, 0.5) is 5.00 Å². The largest absolute Gasteiger partial charge is 0.493 e. The average molecular weight is 397 g/mol. The third kappa shape index (κ3) is 4.12. The molecule has 146 valence electrons. The van der Waals surface area contributed by atoms with Gasteiger partial charge < -0.3 is 19.9 Å². The first-order chi connectivity index (χ1) is 13.6. The maximum absolute atomic E-state index is 13.1. The summed E-state index contributed by atoms with van der Waals surface area (Å²) >= 11 is 1.45. The van der Waals surface area contributed by atoms with Crippen LogP contribution in [0.2, 0.25) is 0 Å². The fourth-order valence-electron chi connectivity index (χ4n) is 3.04. The molecule has 1 aromatic heterocycles. The molecule has 0 aliphatic rings. The molecule has 3 rings (SSSR count). The van der Waals surface area contributed by atoms with Gasteiger partial charge in [-0.05, 0) is 36.6 Å². The van der Waals surface area contributed by atoms with Gasteiger partial charge in [0.15, 0.2) is 17.3 Å². The summed E-state index contributed by atoms with van der Waals surface area (Å²) in [6, 6.07) is 15.4. The van der Waals surface area contributed by atoms with Crippen molar-refractivity contribution in [1.82, 2.24) is 0 Å². The van der Waals surface area contributed by atoms with Gasteiger partial charge in [0.2, 0.25) is 5.75 Å². The van der Waals surface area contributed by atoms with Crippen LogP contribution >= 0.6 is 11.3 Å². The summed E-state index contributed by atoms with van der Waals surface area (Å²) in [6.45, 7) is 0. The Bertz CT molecular complexity index is 941. The number of hydrogen-bond acceptors (Lipinski definition) is 6. The maximum atomic E-state index is 13.1. The van der Waals surface area contributed by atoms with Gasteiger partial charge in [-0.1, -0.05) is 30.3 Å². The van der Waals surface area contributed by atoms with E-state index in [-0.39, 0.29) is 5.78 Å². The van der Waals surface area contributed by atoms with E-state index in [4.69, 9.17) is 19.9 Å². The van der Waals surface area contributed by atoms with E-state index in [9.17, 15) is 4.79 Å². The monoisotopic (exact) mass is 397 g/mol.